The molecule has 1 aliphatic rings. The molecule has 0 saturated carbocycles. The quantitative estimate of drug-likeness (QED) is 0.457. The molecule has 0 radical (unpaired) electrons. The van der Waals surface area contributed by atoms with Gasteiger partial charge in [-0.25, -0.2) is 0 Å². The first-order chi connectivity index (χ1) is 17.2. The molecular formula is C27H29ClF3N3O3. The topological polar surface area (TPSA) is 70.7 Å². The standard InChI is InChI=1S/C27H28F3N3O3.ClH/c1-17(31-2)25(34)32-22-13-11-19-8-4-6-10-23(19)33(26(22)35)15-21-20-9-5-3-7-18(20)12-14-24(21)36-16-27(28,29)30;/h3-10,12,14,17,22,31H,11,13,15-16H2,1-2H3,(H,32,34);1H/t17-,22-;/m0./s1. The fourth-order valence-corrected chi connectivity index (χ4v) is 4.37. The van der Waals surface area contributed by atoms with E-state index in [1.807, 2.05) is 36.4 Å². The monoisotopic (exact) mass is 535 g/mol. The number of nitrogens with zero attached hydrogens (tertiary/aromatic N) is 1. The summed E-state index contributed by atoms with van der Waals surface area (Å²) in [6, 6.07) is 16.6. The number of halogens is 4. The Morgan fingerprint density at radius 3 is 2.54 bits per heavy atom. The van der Waals surface area contributed by atoms with Gasteiger partial charge in [0.1, 0.15) is 11.8 Å². The van der Waals surface area contributed by atoms with Gasteiger partial charge in [0.05, 0.1) is 12.6 Å². The SMILES string of the molecule is CN[C@@H](C)C(=O)N[C@H]1CCc2ccccc2N(Cc2c(OCC(F)(F)F)ccc3ccccc23)C1=O.Cl. The number of fused-ring (bicyclic) bond motifs is 2. The number of para-hydroxylation sites is 1. The van der Waals surface area contributed by atoms with Gasteiger partial charge >= 0.3 is 6.18 Å². The Morgan fingerprint density at radius 1 is 1.11 bits per heavy atom. The molecule has 2 amide bonds. The van der Waals surface area contributed by atoms with Crippen molar-refractivity contribution in [3.63, 3.8) is 0 Å². The maximum atomic E-state index is 13.8. The second-order valence-electron chi connectivity index (χ2n) is 8.83. The minimum Gasteiger partial charge on any atom is -0.484 e. The lowest BCUT2D eigenvalue weighted by molar-refractivity contribution is -0.153. The highest BCUT2D eigenvalue weighted by molar-refractivity contribution is 6.01. The maximum absolute atomic E-state index is 13.8. The number of anilines is 1. The van der Waals surface area contributed by atoms with Gasteiger partial charge in [0.2, 0.25) is 11.8 Å². The van der Waals surface area contributed by atoms with E-state index in [1.54, 1.807) is 37.1 Å². The molecule has 198 valence electrons. The Kier molecular flexibility index (Phi) is 9.04. The molecule has 2 N–H and O–H groups in total. The molecule has 3 aromatic carbocycles. The lowest BCUT2D eigenvalue weighted by Crippen LogP contribution is -2.52. The first-order valence-corrected chi connectivity index (χ1v) is 11.7. The van der Waals surface area contributed by atoms with Crippen LogP contribution in [0.1, 0.15) is 24.5 Å². The Bertz CT molecular complexity index is 1270. The molecule has 0 bridgehead atoms. The molecule has 0 fully saturated rings. The van der Waals surface area contributed by atoms with Gasteiger partial charge < -0.3 is 20.3 Å². The second kappa shape index (κ2) is 11.8. The number of nitrogens with one attached hydrogen (secondary N) is 2. The highest BCUT2D eigenvalue weighted by Gasteiger charge is 2.34. The Hall–Kier alpha value is -3.30. The van der Waals surface area contributed by atoms with E-state index in [1.165, 1.54) is 6.07 Å². The fraction of sp³-hybridized carbons (Fsp3) is 0.333. The third-order valence-corrected chi connectivity index (χ3v) is 6.40. The van der Waals surface area contributed by atoms with E-state index in [0.29, 0.717) is 29.5 Å². The largest absolute Gasteiger partial charge is 0.484 e. The minimum absolute atomic E-state index is 0. The Balaban J connectivity index is 0.00000380. The molecule has 37 heavy (non-hydrogen) atoms. The van der Waals surface area contributed by atoms with Crippen molar-refractivity contribution in [2.45, 2.75) is 44.6 Å². The molecule has 3 aromatic rings. The lowest BCUT2D eigenvalue weighted by Gasteiger charge is -2.28. The zero-order chi connectivity index (χ0) is 25.9. The van der Waals surface area contributed by atoms with Gasteiger partial charge in [-0.05, 0) is 55.3 Å². The Morgan fingerprint density at radius 2 is 1.81 bits per heavy atom. The molecule has 0 spiro atoms. The van der Waals surface area contributed by atoms with Crippen molar-refractivity contribution in [3.05, 3.63) is 71.8 Å². The summed E-state index contributed by atoms with van der Waals surface area (Å²) in [6.45, 7) is 0.241. The molecular weight excluding hydrogens is 507 g/mol. The van der Waals surface area contributed by atoms with Crippen LogP contribution in [0.25, 0.3) is 10.8 Å². The van der Waals surface area contributed by atoms with Crippen molar-refractivity contribution in [2.24, 2.45) is 0 Å². The van der Waals surface area contributed by atoms with E-state index in [4.69, 9.17) is 4.74 Å². The number of rotatable bonds is 7. The van der Waals surface area contributed by atoms with Crippen molar-refractivity contribution < 1.29 is 27.5 Å². The number of aryl methyl sites for hydroxylation is 1. The maximum Gasteiger partial charge on any atom is 0.422 e. The van der Waals surface area contributed by atoms with Crippen LogP contribution < -0.4 is 20.3 Å². The first kappa shape index (κ1) is 28.3. The van der Waals surface area contributed by atoms with Gasteiger partial charge in [0.15, 0.2) is 6.61 Å². The van der Waals surface area contributed by atoms with E-state index in [9.17, 15) is 22.8 Å². The van der Waals surface area contributed by atoms with Gasteiger partial charge in [-0.2, -0.15) is 13.2 Å². The second-order valence-corrected chi connectivity index (χ2v) is 8.83. The number of amides is 2. The zero-order valence-corrected chi connectivity index (χ0v) is 21.3. The summed E-state index contributed by atoms with van der Waals surface area (Å²) in [5.74, 6) is -0.572. The van der Waals surface area contributed by atoms with Gasteiger partial charge in [0, 0.05) is 11.3 Å². The van der Waals surface area contributed by atoms with Crippen molar-refractivity contribution in [1.29, 1.82) is 0 Å². The summed E-state index contributed by atoms with van der Waals surface area (Å²) in [5, 5.41) is 7.20. The molecule has 0 unspecified atom stereocenters. The summed E-state index contributed by atoms with van der Waals surface area (Å²) in [7, 11) is 1.66. The van der Waals surface area contributed by atoms with E-state index < -0.39 is 24.9 Å². The normalized spacial score (nSPS) is 16.4. The third kappa shape index (κ3) is 6.53. The van der Waals surface area contributed by atoms with Crippen LogP contribution >= 0.6 is 12.4 Å². The van der Waals surface area contributed by atoms with Crippen LogP contribution in [0.5, 0.6) is 5.75 Å². The molecule has 6 nitrogen and oxygen atoms in total. The lowest BCUT2D eigenvalue weighted by atomic mass is 10.0. The molecule has 0 saturated heterocycles. The fourth-order valence-electron chi connectivity index (χ4n) is 4.37. The summed E-state index contributed by atoms with van der Waals surface area (Å²) < 4.78 is 44.2. The van der Waals surface area contributed by atoms with Gasteiger partial charge in [-0.3, -0.25) is 9.59 Å². The number of hydrogen-bond donors (Lipinski definition) is 2. The number of carbonyl (C=O) groups excluding carboxylic acids is 2. The molecule has 0 aromatic heterocycles. The summed E-state index contributed by atoms with van der Waals surface area (Å²) in [4.78, 5) is 27.9. The van der Waals surface area contributed by atoms with E-state index in [2.05, 4.69) is 10.6 Å². The van der Waals surface area contributed by atoms with Crippen LogP contribution in [0.4, 0.5) is 18.9 Å². The molecule has 0 aliphatic carbocycles. The number of hydrogen-bond acceptors (Lipinski definition) is 4. The summed E-state index contributed by atoms with van der Waals surface area (Å²) in [5.41, 5.74) is 2.05. The Labute approximate surface area is 219 Å². The van der Waals surface area contributed by atoms with Crippen LogP contribution in [0.15, 0.2) is 60.7 Å². The predicted octanol–water partition coefficient (Wildman–Crippen LogP) is 4.77. The molecule has 2 atom stereocenters. The van der Waals surface area contributed by atoms with Crippen molar-refractivity contribution in [1.82, 2.24) is 10.6 Å². The molecule has 10 heteroatoms. The number of ether oxygens (including phenoxy) is 1. The molecule has 1 aliphatic heterocycles. The smallest absolute Gasteiger partial charge is 0.422 e. The molecule has 1 heterocycles. The zero-order valence-electron chi connectivity index (χ0n) is 20.5. The van der Waals surface area contributed by atoms with Crippen molar-refractivity contribution >= 4 is 40.7 Å². The average Bonchev–Trinajstić information content (AvgIpc) is 2.99. The summed E-state index contributed by atoms with van der Waals surface area (Å²) >= 11 is 0. The van der Waals surface area contributed by atoms with Crippen molar-refractivity contribution in [3.8, 4) is 5.75 Å². The van der Waals surface area contributed by atoms with E-state index in [-0.39, 0.29) is 36.5 Å². The van der Waals surface area contributed by atoms with Crippen LogP contribution in [-0.4, -0.2) is 43.7 Å². The van der Waals surface area contributed by atoms with Gasteiger partial charge in [-0.15, -0.1) is 12.4 Å². The van der Waals surface area contributed by atoms with E-state index >= 15 is 0 Å². The number of likely N-dealkylation sites (N-methyl/N-ethyl adjacent to an activating group) is 1. The highest BCUT2D eigenvalue weighted by Crippen LogP contribution is 2.35. The predicted molar refractivity (Wildman–Crippen MR) is 139 cm³/mol. The van der Waals surface area contributed by atoms with Crippen LogP contribution in [0.3, 0.4) is 0 Å². The van der Waals surface area contributed by atoms with Gasteiger partial charge in [-0.1, -0.05) is 48.5 Å². The molecule has 4 rings (SSSR count). The van der Waals surface area contributed by atoms with Crippen molar-refractivity contribution in [2.75, 3.05) is 18.6 Å². The first-order valence-electron chi connectivity index (χ1n) is 11.7. The number of carbonyl (C=O) groups is 2. The highest BCUT2D eigenvalue weighted by atomic mass is 35.5. The minimum atomic E-state index is -4.51. The van der Waals surface area contributed by atoms with Gasteiger partial charge in [0.25, 0.3) is 0 Å². The van der Waals surface area contributed by atoms with E-state index in [0.717, 1.165) is 10.9 Å². The number of alkyl halides is 3. The number of benzene rings is 3. The third-order valence-electron chi connectivity index (χ3n) is 6.40. The van der Waals surface area contributed by atoms with Crippen LogP contribution in [0, 0.1) is 0 Å². The van der Waals surface area contributed by atoms with Crippen LogP contribution in [0.2, 0.25) is 0 Å². The average molecular weight is 536 g/mol. The van der Waals surface area contributed by atoms with Crippen LogP contribution in [-0.2, 0) is 22.6 Å². The summed E-state index contributed by atoms with van der Waals surface area (Å²) in [6.07, 6.45) is -3.54.